The fourth-order valence-corrected chi connectivity index (χ4v) is 4.33. The van der Waals surface area contributed by atoms with Crippen LogP contribution in [0, 0.1) is 34.7 Å². The van der Waals surface area contributed by atoms with Gasteiger partial charge in [0, 0.05) is 12.5 Å². The molecular weight excluding hydrogens is 379 g/mol. The van der Waals surface area contributed by atoms with E-state index < -0.39 is 23.5 Å². The van der Waals surface area contributed by atoms with Crippen molar-refractivity contribution in [1.29, 1.82) is 5.26 Å². The third-order valence-corrected chi connectivity index (χ3v) is 5.83. The molecule has 2 fully saturated rings. The summed E-state index contributed by atoms with van der Waals surface area (Å²) in [6.45, 7) is 0. The highest BCUT2D eigenvalue weighted by molar-refractivity contribution is 5.83. The number of carbonyl (C=O) groups excluding carboxylic acids is 1. The van der Waals surface area contributed by atoms with Gasteiger partial charge in [-0.2, -0.15) is 5.26 Å². The van der Waals surface area contributed by atoms with Crippen LogP contribution in [0.1, 0.15) is 24.8 Å². The van der Waals surface area contributed by atoms with E-state index in [-0.39, 0.29) is 17.5 Å². The van der Waals surface area contributed by atoms with Gasteiger partial charge in [-0.1, -0.05) is 24.3 Å². The van der Waals surface area contributed by atoms with Crippen LogP contribution in [0.25, 0.3) is 11.1 Å². The third-order valence-electron chi connectivity index (χ3n) is 5.83. The third kappa shape index (κ3) is 3.99. The number of carbonyl (C=O) groups is 1. The maximum atomic E-state index is 13.4. The lowest BCUT2D eigenvalue weighted by Crippen LogP contribution is -2.50. The number of halogens is 3. The van der Waals surface area contributed by atoms with Gasteiger partial charge < -0.3 is 10.6 Å². The Bertz CT molecular complexity index is 947. The van der Waals surface area contributed by atoms with Crippen molar-refractivity contribution in [2.24, 2.45) is 5.92 Å². The van der Waals surface area contributed by atoms with Gasteiger partial charge in [0.2, 0.25) is 5.91 Å². The zero-order chi connectivity index (χ0) is 20.5. The lowest BCUT2D eigenvalue weighted by molar-refractivity contribution is -0.124. The van der Waals surface area contributed by atoms with Gasteiger partial charge in [-0.25, -0.2) is 13.2 Å². The summed E-state index contributed by atoms with van der Waals surface area (Å²) in [6, 6.07) is 10.2. The molecule has 2 aromatic rings. The van der Waals surface area contributed by atoms with Gasteiger partial charge in [-0.15, -0.1) is 0 Å². The number of nitriles is 1. The minimum atomic E-state index is -1.50. The predicted molar refractivity (Wildman–Crippen MR) is 101 cm³/mol. The topological polar surface area (TPSA) is 64.9 Å². The molecule has 2 bridgehead atoms. The predicted octanol–water partition coefficient (Wildman–Crippen LogP) is 3.46. The molecule has 150 valence electrons. The zero-order valence-electron chi connectivity index (χ0n) is 15.6. The van der Waals surface area contributed by atoms with Gasteiger partial charge in [0.25, 0.3) is 0 Å². The molecule has 4 rings (SSSR count). The fourth-order valence-electron chi connectivity index (χ4n) is 4.33. The Morgan fingerprint density at radius 3 is 2.38 bits per heavy atom. The fraction of sp³-hybridized carbons (Fsp3) is 0.364. The van der Waals surface area contributed by atoms with Crippen LogP contribution in [0.3, 0.4) is 0 Å². The van der Waals surface area contributed by atoms with Crippen molar-refractivity contribution in [3.63, 3.8) is 0 Å². The Hall–Kier alpha value is -2.85. The highest BCUT2D eigenvalue weighted by atomic mass is 19.2. The second-order valence-electron chi connectivity index (χ2n) is 7.76. The van der Waals surface area contributed by atoms with Gasteiger partial charge in [0.15, 0.2) is 17.5 Å². The second-order valence-corrected chi connectivity index (χ2v) is 7.76. The lowest BCUT2D eigenvalue weighted by atomic mass is 9.98. The lowest BCUT2D eigenvalue weighted by Gasteiger charge is -2.23. The summed E-state index contributed by atoms with van der Waals surface area (Å²) < 4.78 is 40.0. The molecule has 0 aromatic heterocycles. The minimum absolute atomic E-state index is 0.141. The van der Waals surface area contributed by atoms with Crippen molar-refractivity contribution in [2.75, 3.05) is 0 Å². The van der Waals surface area contributed by atoms with Crippen LogP contribution in [0.15, 0.2) is 36.4 Å². The van der Waals surface area contributed by atoms with E-state index in [4.69, 9.17) is 0 Å². The molecule has 1 aliphatic heterocycles. The molecule has 4 nitrogen and oxygen atoms in total. The molecule has 0 radical (unpaired) electrons. The molecule has 2 N–H and O–H groups in total. The largest absolute Gasteiger partial charge is 0.339 e. The number of piperidine rings is 1. The van der Waals surface area contributed by atoms with E-state index in [1.54, 1.807) is 24.3 Å². The van der Waals surface area contributed by atoms with Crippen LogP contribution in [0.5, 0.6) is 0 Å². The monoisotopic (exact) mass is 399 g/mol. The molecule has 1 heterocycles. The van der Waals surface area contributed by atoms with Crippen molar-refractivity contribution in [3.05, 3.63) is 59.4 Å². The molecule has 2 aliphatic rings. The Labute approximate surface area is 166 Å². The Kier molecular flexibility index (Phi) is 5.29. The highest BCUT2D eigenvalue weighted by Crippen LogP contribution is 2.35. The summed E-state index contributed by atoms with van der Waals surface area (Å²) in [4.78, 5) is 12.5. The van der Waals surface area contributed by atoms with E-state index in [1.807, 2.05) is 0 Å². The average molecular weight is 399 g/mol. The smallest absolute Gasteiger partial charge is 0.238 e. The number of hydrogen-bond donors (Lipinski definition) is 2. The normalized spacial score (nSPS) is 23.6. The minimum Gasteiger partial charge on any atom is -0.339 e. The highest BCUT2D eigenvalue weighted by Gasteiger charge is 2.43. The van der Waals surface area contributed by atoms with Crippen molar-refractivity contribution in [2.45, 2.75) is 43.8 Å². The summed E-state index contributed by atoms with van der Waals surface area (Å²) in [6.07, 6.45) is 3.47. The Morgan fingerprint density at radius 2 is 1.83 bits per heavy atom. The molecule has 4 unspecified atom stereocenters. The molecule has 0 spiro atoms. The van der Waals surface area contributed by atoms with Crippen LogP contribution in [-0.2, 0) is 11.2 Å². The van der Waals surface area contributed by atoms with Gasteiger partial charge in [-0.05, 0) is 54.0 Å². The van der Waals surface area contributed by atoms with Crippen LogP contribution in [-0.4, -0.2) is 24.0 Å². The van der Waals surface area contributed by atoms with Gasteiger partial charge >= 0.3 is 0 Å². The van der Waals surface area contributed by atoms with E-state index >= 15 is 0 Å². The quantitative estimate of drug-likeness (QED) is 0.757. The molecule has 2 aromatic carbocycles. The molecule has 1 amide bonds. The first-order valence-electron chi connectivity index (χ1n) is 9.64. The summed E-state index contributed by atoms with van der Waals surface area (Å²) in [5.74, 6) is -3.79. The van der Waals surface area contributed by atoms with Crippen LogP contribution < -0.4 is 10.6 Å². The summed E-state index contributed by atoms with van der Waals surface area (Å²) in [7, 11) is 0. The first-order valence-corrected chi connectivity index (χ1v) is 9.64. The SMILES string of the molecule is N#CC(Cc1ccc(-c2cc(F)c(F)c(F)c2)cc1)NC(=O)C1NC2CCC1C2. The number of fused-ring (bicyclic) bond motifs is 2. The van der Waals surface area contributed by atoms with Crippen molar-refractivity contribution in [1.82, 2.24) is 10.6 Å². The van der Waals surface area contributed by atoms with E-state index in [9.17, 15) is 23.2 Å². The number of nitrogens with one attached hydrogen (secondary N) is 2. The van der Waals surface area contributed by atoms with E-state index in [1.165, 1.54) is 0 Å². The number of hydrogen-bond acceptors (Lipinski definition) is 3. The first kappa shape index (κ1) is 19.5. The number of amides is 1. The maximum absolute atomic E-state index is 13.4. The maximum Gasteiger partial charge on any atom is 0.238 e. The Morgan fingerprint density at radius 1 is 1.14 bits per heavy atom. The van der Waals surface area contributed by atoms with E-state index in [0.717, 1.165) is 37.0 Å². The van der Waals surface area contributed by atoms with Crippen LogP contribution >= 0.6 is 0 Å². The number of rotatable bonds is 5. The van der Waals surface area contributed by atoms with Crippen LogP contribution in [0.4, 0.5) is 13.2 Å². The molecule has 4 atom stereocenters. The van der Waals surface area contributed by atoms with Gasteiger partial charge in [-0.3, -0.25) is 4.79 Å². The zero-order valence-corrected chi connectivity index (χ0v) is 15.6. The molecule has 1 aliphatic carbocycles. The average Bonchev–Trinajstić information content (AvgIpc) is 3.35. The van der Waals surface area contributed by atoms with E-state index in [0.29, 0.717) is 23.9 Å². The molecule has 1 saturated carbocycles. The molecular formula is C22H20F3N3O. The van der Waals surface area contributed by atoms with Crippen LogP contribution in [0.2, 0.25) is 0 Å². The summed E-state index contributed by atoms with van der Waals surface area (Å²) in [5.41, 5.74) is 1.54. The molecule has 1 saturated heterocycles. The summed E-state index contributed by atoms with van der Waals surface area (Å²) >= 11 is 0. The van der Waals surface area contributed by atoms with Gasteiger partial charge in [0.05, 0.1) is 12.1 Å². The van der Waals surface area contributed by atoms with Crippen molar-refractivity contribution >= 4 is 5.91 Å². The molecule has 7 heteroatoms. The number of nitrogens with zero attached hydrogens (tertiary/aromatic N) is 1. The van der Waals surface area contributed by atoms with Crippen molar-refractivity contribution < 1.29 is 18.0 Å². The van der Waals surface area contributed by atoms with Gasteiger partial charge in [0.1, 0.15) is 6.04 Å². The Balaban J connectivity index is 1.41. The number of benzene rings is 2. The first-order chi connectivity index (χ1) is 13.9. The second kappa shape index (κ2) is 7.88. The molecule has 29 heavy (non-hydrogen) atoms. The standard InChI is InChI=1S/C22H20F3N3O/c23-18-9-15(10-19(24)20(18)25)13-3-1-12(2-4-13)7-17(11-26)28-22(29)21-14-5-6-16(8-14)27-21/h1-4,9-10,14,16-17,21,27H,5-8H2,(H,28,29). The van der Waals surface area contributed by atoms with E-state index in [2.05, 4.69) is 16.7 Å². The van der Waals surface area contributed by atoms with Crippen molar-refractivity contribution in [3.8, 4) is 17.2 Å². The summed E-state index contributed by atoms with van der Waals surface area (Å²) in [5, 5.41) is 15.5.